The van der Waals surface area contributed by atoms with Crippen LogP contribution in [-0.4, -0.2) is 51.3 Å². The Kier molecular flexibility index (Phi) is 4.38. The van der Waals surface area contributed by atoms with Crippen LogP contribution in [0.25, 0.3) is 0 Å². The van der Waals surface area contributed by atoms with Crippen molar-refractivity contribution in [2.75, 3.05) is 46.4 Å². The van der Waals surface area contributed by atoms with Crippen molar-refractivity contribution in [2.45, 2.75) is 19.8 Å². The standard InChI is InChI=1S/C13H24N2O/c1-11(13-7-14-8-13)9-15-5-3-12(4-6-15)10-16-2/h12,14H,3-10H2,1-2H3. The van der Waals surface area contributed by atoms with Gasteiger partial charge in [-0.1, -0.05) is 5.57 Å². The molecule has 0 bridgehead atoms. The van der Waals surface area contributed by atoms with Gasteiger partial charge in [0.05, 0.1) is 0 Å². The third kappa shape index (κ3) is 3.06. The maximum absolute atomic E-state index is 5.23. The normalized spacial score (nSPS) is 23.2. The Morgan fingerprint density at radius 1 is 1.38 bits per heavy atom. The second-order valence-corrected chi connectivity index (χ2v) is 5.16. The molecule has 3 nitrogen and oxygen atoms in total. The highest BCUT2D eigenvalue weighted by molar-refractivity contribution is 5.22. The van der Waals surface area contributed by atoms with Gasteiger partial charge in [0.1, 0.15) is 0 Å². The molecule has 0 aromatic heterocycles. The summed E-state index contributed by atoms with van der Waals surface area (Å²) >= 11 is 0. The zero-order valence-electron chi connectivity index (χ0n) is 10.6. The van der Waals surface area contributed by atoms with Crippen LogP contribution in [0.4, 0.5) is 0 Å². The first kappa shape index (κ1) is 12.1. The Morgan fingerprint density at radius 2 is 2.06 bits per heavy atom. The van der Waals surface area contributed by atoms with Crippen LogP contribution in [-0.2, 0) is 4.74 Å². The summed E-state index contributed by atoms with van der Waals surface area (Å²) in [5.74, 6) is 0.791. The summed E-state index contributed by atoms with van der Waals surface area (Å²) in [5.41, 5.74) is 3.21. The van der Waals surface area contributed by atoms with Gasteiger partial charge in [-0.25, -0.2) is 0 Å². The molecule has 0 unspecified atom stereocenters. The predicted octanol–water partition coefficient (Wildman–Crippen LogP) is 1.26. The molecule has 0 amide bonds. The first-order valence-corrected chi connectivity index (χ1v) is 6.39. The van der Waals surface area contributed by atoms with E-state index in [2.05, 4.69) is 17.1 Å². The minimum absolute atomic E-state index is 0.791. The van der Waals surface area contributed by atoms with E-state index in [1.54, 1.807) is 11.1 Å². The topological polar surface area (TPSA) is 24.5 Å². The summed E-state index contributed by atoms with van der Waals surface area (Å²) in [6.07, 6.45) is 2.60. The molecule has 0 atom stereocenters. The molecule has 0 spiro atoms. The largest absolute Gasteiger partial charge is 0.384 e. The molecule has 3 heteroatoms. The number of ether oxygens (including phenoxy) is 1. The van der Waals surface area contributed by atoms with Gasteiger partial charge in [0.15, 0.2) is 0 Å². The van der Waals surface area contributed by atoms with Crippen LogP contribution in [0.2, 0.25) is 0 Å². The molecule has 2 aliphatic heterocycles. The van der Waals surface area contributed by atoms with Gasteiger partial charge in [0.25, 0.3) is 0 Å². The summed E-state index contributed by atoms with van der Waals surface area (Å²) in [6.45, 7) is 9.13. The van der Waals surface area contributed by atoms with Crippen LogP contribution in [0.15, 0.2) is 11.1 Å². The van der Waals surface area contributed by atoms with Crippen molar-refractivity contribution in [2.24, 2.45) is 5.92 Å². The van der Waals surface area contributed by atoms with Crippen molar-refractivity contribution in [1.29, 1.82) is 0 Å². The monoisotopic (exact) mass is 224 g/mol. The maximum Gasteiger partial charge on any atom is 0.0491 e. The summed E-state index contributed by atoms with van der Waals surface area (Å²) < 4.78 is 5.23. The van der Waals surface area contributed by atoms with Crippen molar-refractivity contribution < 1.29 is 4.74 Å². The second-order valence-electron chi connectivity index (χ2n) is 5.16. The predicted molar refractivity (Wildman–Crippen MR) is 66.6 cm³/mol. The Bertz CT molecular complexity index is 249. The number of hydrogen-bond acceptors (Lipinski definition) is 3. The van der Waals surface area contributed by atoms with Gasteiger partial charge in [-0.05, 0) is 44.3 Å². The molecule has 2 saturated heterocycles. The zero-order chi connectivity index (χ0) is 11.4. The van der Waals surface area contributed by atoms with E-state index in [1.807, 2.05) is 7.11 Å². The lowest BCUT2D eigenvalue weighted by Crippen LogP contribution is -2.39. The van der Waals surface area contributed by atoms with E-state index in [0.717, 1.165) is 25.6 Å². The van der Waals surface area contributed by atoms with Gasteiger partial charge < -0.3 is 10.1 Å². The number of hydrogen-bond donors (Lipinski definition) is 1. The van der Waals surface area contributed by atoms with Gasteiger partial charge in [-0.15, -0.1) is 0 Å². The zero-order valence-corrected chi connectivity index (χ0v) is 10.6. The maximum atomic E-state index is 5.23. The third-order valence-electron chi connectivity index (χ3n) is 3.85. The molecule has 92 valence electrons. The van der Waals surface area contributed by atoms with Crippen molar-refractivity contribution in [3.05, 3.63) is 11.1 Å². The van der Waals surface area contributed by atoms with E-state index in [4.69, 9.17) is 4.74 Å². The lowest BCUT2D eigenvalue weighted by Gasteiger charge is -2.33. The van der Waals surface area contributed by atoms with Crippen LogP contribution < -0.4 is 5.32 Å². The highest BCUT2D eigenvalue weighted by atomic mass is 16.5. The molecule has 2 aliphatic rings. The fourth-order valence-corrected chi connectivity index (χ4v) is 2.55. The minimum atomic E-state index is 0.791. The summed E-state index contributed by atoms with van der Waals surface area (Å²) in [7, 11) is 1.81. The van der Waals surface area contributed by atoms with Gasteiger partial charge in [0.2, 0.25) is 0 Å². The van der Waals surface area contributed by atoms with Gasteiger partial charge in [0, 0.05) is 33.4 Å². The molecular weight excluding hydrogens is 200 g/mol. The third-order valence-corrected chi connectivity index (χ3v) is 3.85. The van der Waals surface area contributed by atoms with Crippen molar-refractivity contribution in [3.8, 4) is 0 Å². The fraction of sp³-hybridized carbons (Fsp3) is 0.846. The highest BCUT2D eigenvalue weighted by Crippen LogP contribution is 2.19. The van der Waals surface area contributed by atoms with Gasteiger partial charge >= 0.3 is 0 Å². The number of nitrogens with zero attached hydrogens (tertiary/aromatic N) is 1. The van der Waals surface area contributed by atoms with Crippen LogP contribution in [0, 0.1) is 5.92 Å². The average Bonchev–Trinajstić information content (AvgIpc) is 2.18. The van der Waals surface area contributed by atoms with Crippen molar-refractivity contribution in [3.63, 3.8) is 0 Å². The van der Waals surface area contributed by atoms with E-state index in [1.165, 1.54) is 32.5 Å². The Balaban J connectivity index is 1.72. The SMILES string of the molecule is COCC1CCN(CC(C)=C2CNC2)CC1. The van der Waals surface area contributed by atoms with Crippen molar-refractivity contribution in [1.82, 2.24) is 10.2 Å². The lowest BCUT2D eigenvalue weighted by atomic mass is 9.96. The van der Waals surface area contributed by atoms with Crippen LogP contribution in [0.3, 0.4) is 0 Å². The number of rotatable bonds is 4. The number of piperidine rings is 1. The smallest absolute Gasteiger partial charge is 0.0491 e. The number of nitrogens with one attached hydrogen (secondary N) is 1. The molecule has 0 aliphatic carbocycles. The van der Waals surface area contributed by atoms with E-state index >= 15 is 0 Å². The molecule has 1 N–H and O–H groups in total. The first-order chi connectivity index (χ1) is 7.79. The van der Waals surface area contributed by atoms with Crippen LogP contribution >= 0.6 is 0 Å². The van der Waals surface area contributed by atoms with E-state index in [9.17, 15) is 0 Å². The van der Waals surface area contributed by atoms with Crippen molar-refractivity contribution >= 4 is 0 Å². The molecule has 0 radical (unpaired) electrons. The van der Waals surface area contributed by atoms with Gasteiger partial charge in [-0.3, -0.25) is 4.90 Å². The molecular formula is C13H24N2O. The molecule has 2 heterocycles. The molecule has 2 rings (SSSR count). The second kappa shape index (κ2) is 5.80. The fourth-order valence-electron chi connectivity index (χ4n) is 2.55. The number of methoxy groups -OCH3 is 1. The Hall–Kier alpha value is -0.380. The molecule has 16 heavy (non-hydrogen) atoms. The van der Waals surface area contributed by atoms with E-state index in [-0.39, 0.29) is 0 Å². The summed E-state index contributed by atoms with van der Waals surface area (Å²) in [6, 6.07) is 0. The highest BCUT2D eigenvalue weighted by Gasteiger charge is 2.20. The van der Waals surface area contributed by atoms with E-state index < -0.39 is 0 Å². The lowest BCUT2D eigenvalue weighted by molar-refractivity contribution is 0.103. The first-order valence-electron chi connectivity index (χ1n) is 6.39. The molecule has 0 saturated carbocycles. The molecule has 2 fully saturated rings. The summed E-state index contributed by atoms with van der Waals surface area (Å²) in [5, 5.41) is 3.31. The minimum Gasteiger partial charge on any atom is -0.384 e. The van der Waals surface area contributed by atoms with E-state index in [0.29, 0.717) is 0 Å². The molecule has 0 aromatic rings. The van der Waals surface area contributed by atoms with Crippen LogP contribution in [0.5, 0.6) is 0 Å². The Morgan fingerprint density at radius 3 is 2.56 bits per heavy atom. The average molecular weight is 224 g/mol. The quantitative estimate of drug-likeness (QED) is 0.728. The number of likely N-dealkylation sites (tertiary alicyclic amines) is 1. The van der Waals surface area contributed by atoms with Gasteiger partial charge in [-0.2, -0.15) is 0 Å². The summed E-state index contributed by atoms with van der Waals surface area (Å²) in [4.78, 5) is 2.59. The Labute approximate surface area is 98.8 Å². The molecule has 0 aromatic carbocycles. The van der Waals surface area contributed by atoms with Crippen LogP contribution in [0.1, 0.15) is 19.8 Å².